The maximum atomic E-state index is 11.8. The number of benzene rings is 1. The van der Waals surface area contributed by atoms with E-state index in [1.54, 1.807) is 6.92 Å². The summed E-state index contributed by atoms with van der Waals surface area (Å²) in [5, 5.41) is 6.56. The number of hydrogen-bond acceptors (Lipinski definition) is 3. The van der Waals surface area contributed by atoms with Crippen molar-refractivity contribution in [3.63, 3.8) is 0 Å². The van der Waals surface area contributed by atoms with E-state index in [1.807, 2.05) is 24.3 Å². The molecule has 0 unspecified atom stereocenters. The van der Waals surface area contributed by atoms with Crippen LogP contribution in [0.2, 0.25) is 0 Å². The molecular weight excluding hydrogens is 304 g/mol. The average molecular weight is 315 g/mol. The van der Waals surface area contributed by atoms with Gasteiger partial charge in [0.1, 0.15) is 0 Å². The zero-order valence-electron chi connectivity index (χ0n) is 9.14. The van der Waals surface area contributed by atoms with Crippen LogP contribution in [0.5, 0.6) is 0 Å². The van der Waals surface area contributed by atoms with Gasteiger partial charge in [0, 0.05) is 10.0 Å². The molecule has 0 atom stereocenters. The Hall–Kier alpha value is -1.14. The van der Waals surface area contributed by atoms with Gasteiger partial charge in [-0.25, -0.2) is 8.42 Å². The van der Waals surface area contributed by atoms with E-state index < -0.39 is 9.84 Å². The van der Waals surface area contributed by atoms with Crippen LogP contribution in [0.3, 0.4) is 0 Å². The molecule has 0 saturated heterocycles. The summed E-state index contributed by atoms with van der Waals surface area (Å²) in [4.78, 5) is 0. The fourth-order valence-electron chi connectivity index (χ4n) is 1.49. The van der Waals surface area contributed by atoms with Crippen molar-refractivity contribution in [2.24, 2.45) is 0 Å². The Labute approximate surface area is 108 Å². The molecule has 1 aromatic heterocycles. The summed E-state index contributed by atoms with van der Waals surface area (Å²) in [6.07, 6.45) is 1.53. The highest BCUT2D eigenvalue weighted by molar-refractivity contribution is 9.10. The van der Waals surface area contributed by atoms with Crippen molar-refractivity contribution in [1.29, 1.82) is 0 Å². The molecule has 1 heterocycles. The zero-order valence-corrected chi connectivity index (χ0v) is 11.5. The molecule has 0 aliphatic heterocycles. The third kappa shape index (κ3) is 2.42. The highest BCUT2D eigenvalue weighted by atomic mass is 79.9. The van der Waals surface area contributed by atoms with Crippen LogP contribution >= 0.6 is 15.9 Å². The molecule has 0 fully saturated rings. The Bertz CT molecular complexity index is 617. The Kier molecular flexibility index (Phi) is 3.35. The van der Waals surface area contributed by atoms with Gasteiger partial charge in [0.05, 0.1) is 11.9 Å². The van der Waals surface area contributed by atoms with Crippen LogP contribution < -0.4 is 0 Å². The van der Waals surface area contributed by atoms with Gasteiger partial charge in [0.2, 0.25) is 0 Å². The third-order valence-corrected chi connectivity index (χ3v) is 4.67. The van der Waals surface area contributed by atoms with Gasteiger partial charge in [0.15, 0.2) is 14.9 Å². The second-order valence-corrected chi connectivity index (χ2v) is 6.65. The Morgan fingerprint density at radius 1 is 1.29 bits per heavy atom. The summed E-state index contributed by atoms with van der Waals surface area (Å²) in [6, 6.07) is 7.43. The van der Waals surface area contributed by atoms with Crippen molar-refractivity contribution >= 4 is 25.8 Å². The van der Waals surface area contributed by atoms with Gasteiger partial charge in [-0.2, -0.15) is 5.10 Å². The lowest BCUT2D eigenvalue weighted by atomic mass is 10.1. The lowest BCUT2D eigenvalue weighted by molar-refractivity contribution is 0.593. The minimum atomic E-state index is -3.27. The van der Waals surface area contributed by atoms with Crippen LogP contribution in [-0.4, -0.2) is 24.4 Å². The maximum Gasteiger partial charge on any atom is 0.195 e. The number of aromatic nitrogens is 2. The first-order valence-corrected chi connectivity index (χ1v) is 7.51. The summed E-state index contributed by atoms with van der Waals surface area (Å²) >= 11 is 3.34. The predicted octanol–water partition coefficient (Wildman–Crippen LogP) is 2.63. The highest BCUT2D eigenvalue weighted by Crippen LogP contribution is 2.27. The molecule has 2 aromatic rings. The molecule has 0 aliphatic rings. The second kappa shape index (κ2) is 4.62. The quantitative estimate of drug-likeness (QED) is 0.947. The topological polar surface area (TPSA) is 62.8 Å². The van der Waals surface area contributed by atoms with Crippen molar-refractivity contribution in [3.05, 3.63) is 34.9 Å². The van der Waals surface area contributed by atoms with E-state index in [0.717, 1.165) is 10.0 Å². The Balaban J connectivity index is 2.55. The molecule has 0 radical (unpaired) electrons. The molecular formula is C11H11BrN2O2S. The SMILES string of the molecule is CCS(=O)(=O)c1[nH]ncc1-c1ccc(Br)cc1. The molecule has 0 bridgehead atoms. The summed E-state index contributed by atoms with van der Waals surface area (Å²) in [5.74, 6) is 0.0543. The van der Waals surface area contributed by atoms with Crippen molar-refractivity contribution in [2.45, 2.75) is 11.9 Å². The molecule has 17 heavy (non-hydrogen) atoms. The lowest BCUT2D eigenvalue weighted by Crippen LogP contribution is -2.05. The number of aromatic amines is 1. The molecule has 0 aliphatic carbocycles. The minimum absolute atomic E-state index is 0.0543. The van der Waals surface area contributed by atoms with E-state index in [-0.39, 0.29) is 10.8 Å². The van der Waals surface area contributed by atoms with Crippen molar-refractivity contribution in [2.75, 3.05) is 5.75 Å². The average Bonchev–Trinajstić information content (AvgIpc) is 2.80. The Morgan fingerprint density at radius 3 is 2.53 bits per heavy atom. The monoisotopic (exact) mass is 314 g/mol. The summed E-state index contributed by atoms with van der Waals surface area (Å²) in [5.41, 5.74) is 1.44. The molecule has 6 heteroatoms. The van der Waals surface area contributed by atoms with Gasteiger partial charge in [-0.15, -0.1) is 0 Å². The normalized spacial score (nSPS) is 11.6. The van der Waals surface area contributed by atoms with E-state index in [9.17, 15) is 8.42 Å². The fraction of sp³-hybridized carbons (Fsp3) is 0.182. The summed E-state index contributed by atoms with van der Waals surface area (Å²) < 4.78 is 24.6. The summed E-state index contributed by atoms with van der Waals surface area (Å²) in [6.45, 7) is 1.61. The third-order valence-electron chi connectivity index (χ3n) is 2.45. The van der Waals surface area contributed by atoms with Crippen LogP contribution in [0.25, 0.3) is 11.1 Å². The smallest absolute Gasteiger partial charge is 0.195 e. The number of H-pyrrole nitrogens is 1. The first-order valence-electron chi connectivity index (χ1n) is 5.06. The highest BCUT2D eigenvalue weighted by Gasteiger charge is 2.19. The van der Waals surface area contributed by atoms with Gasteiger partial charge < -0.3 is 0 Å². The number of nitrogens with one attached hydrogen (secondary N) is 1. The molecule has 90 valence electrons. The molecule has 4 nitrogen and oxygen atoms in total. The van der Waals surface area contributed by atoms with Gasteiger partial charge in [-0.1, -0.05) is 35.0 Å². The van der Waals surface area contributed by atoms with E-state index in [4.69, 9.17) is 0 Å². The second-order valence-electron chi connectivity index (χ2n) is 3.52. The lowest BCUT2D eigenvalue weighted by Gasteiger charge is -2.03. The van der Waals surface area contributed by atoms with E-state index in [2.05, 4.69) is 26.1 Å². The van der Waals surface area contributed by atoms with Crippen LogP contribution in [0.4, 0.5) is 0 Å². The van der Waals surface area contributed by atoms with Crippen LogP contribution in [0.15, 0.2) is 40.0 Å². The molecule has 1 aromatic carbocycles. The first kappa shape index (κ1) is 12.3. The van der Waals surface area contributed by atoms with Gasteiger partial charge >= 0.3 is 0 Å². The molecule has 0 amide bonds. The number of sulfone groups is 1. The van der Waals surface area contributed by atoms with Gasteiger partial charge in [-0.3, -0.25) is 5.10 Å². The zero-order chi connectivity index (χ0) is 12.5. The number of halogens is 1. The predicted molar refractivity (Wildman–Crippen MR) is 69.5 cm³/mol. The first-order chi connectivity index (χ1) is 8.04. The molecule has 2 rings (SSSR count). The largest absolute Gasteiger partial charge is 0.267 e. The van der Waals surface area contributed by atoms with Crippen molar-refractivity contribution < 1.29 is 8.42 Å². The van der Waals surface area contributed by atoms with E-state index >= 15 is 0 Å². The van der Waals surface area contributed by atoms with Crippen molar-refractivity contribution in [3.8, 4) is 11.1 Å². The van der Waals surface area contributed by atoms with E-state index in [1.165, 1.54) is 6.20 Å². The van der Waals surface area contributed by atoms with E-state index in [0.29, 0.717) is 5.56 Å². The number of nitrogens with zero attached hydrogens (tertiary/aromatic N) is 1. The fourth-order valence-corrected chi connectivity index (χ4v) is 2.74. The standard InChI is InChI=1S/C11H11BrN2O2S/c1-2-17(15,16)11-10(7-13-14-11)8-3-5-9(12)6-4-8/h3-7H,2H2,1H3,(H,13,14). The van der Waals surface area contributed by atoms with Crippen LogP contribution in [0.1, 0.15) is 6.92 Å². The number of rotatable bonds is 3. The minimum Gasteiger partial charge on any atom is -0.267 e. The van der Waals surface area contributed by atoms with Crippen LogP contribution in [-0.2, 0) is 9.84 Å². The van der Waals surface area contributed by atoms with Gasteiger partial charge in [-0.05, 0) is 17.7 Å². The molecule has 0 saturated carbocycles. The summed E-state index contributed by atoms with van der Waals surface area (Å²) in [7, 11) is -3.27. The van der Waals surface area contributed by atoms with Crippen LogP contribution in [0, 0.1) is 0 Å². The van der Waals surface area contributed by atoms with Crippen molar-refractivity contribution in [1.82, 2.24) is 10.2 Å². The van der Waals surface area contributed by atoms with Gasteiger partial charge in [0.25, 0.3) is 0 Å². The number of hydrogen-bond donors (Lipinski definition) is 1. The Morgan fingerprint density at radius 2 is 1.94 bits per heavy atom. The maximum absolute atomic E-state index is 11.8. The molecule has 0 spiro atoms. The molecule has 1 N–H and O–H groups in total.